The van der Waals surface area contributed by atoms with Gasteiger partial charge in [-0.1, -0.05) is 35.8 Å². The molecule has 2 aromatic rings. The van der Waals surface area contributed by atoms with Crippen molar-refractivity contribution in [3.05, 3.63) is 55.4 Å². The van der Waals surface area contributed by atoms with Crippen molar-refractivity contribution in [3.63, 3.8) is 0 Å². The molecule has 0 fully saturated rings. The Labute approximate surface area is 188 Å². The predicted octanol–water partition coefficient (Wildman–Crippen LogP) is 4.70. The van der Waals surface area contributed by atoms with Crippen LogP contribution >= 0.6 is 47.8 Å². The van der Waals surface area contributed by atoms with Gasteiger partial charge in [0.05, 0.1) is 8.95 Å². The SMILES string of the molecule is CC(C)c1ccc(OCC(=O)NNC(=O)COc2ccc(Br)cc2Br)c(Br)c1. The first-order chi connectivity index (χ1) is 13.3. The van der Waals surface area contributed by atoms with Crippen LogP contribution in [0.1, 0.15) is 25.3 Å². The Hall–Kier alpha value is -1.58. The Morgan fingerprint density at radius 2 is 1.36 bits per heavy atom. The second-order valence-electron chi connectivity index (χ2n) is 6.09. The Kier molecular flexibility index (Phi) is 8.78. The summed E-state index contributed by atoms with van der Waals surface area (Å²) in [6.45, 7) is 3.71. The van der Waals surface area contributed by atoms with Crippen molar-refractivity contribution >= 4 is 59.6 Å². The summed E-state index contributed by atoms with van der Waals surface area (Å²) in [5.74, 6) is 0.477. The summed E-state index contributed by atoms with van der Waals surface area (Å²) in [6.07, 6.45) is 0. The third kappa shape index (κ3) is 7.10. The monoisotopic (exact) mass is 576 g/mol. The number of amides is 2. The molecule has 28 heavy (non-hydrogen) atoms. The Balaban J connectivity index is 1.74. The van der Waals surface area contributed by atoms with Gasteiger partial charge in [0.1, 0.15) is 11.5 Å². The van der Waals surface area contributed by atoms with Crippen molar-refractivity contribution in [1.82, 2.24) is 10.9 Å². The number of ether oxygens (including phenoxy) is 2. The highest BCUT2D eigenvalue weighted by Gasteiger charge is 2.10. The standard InChI is InChI=1S/C19H19Br3N2O4/c1-11(2)12-3-5-16(14(21)7-12)27-9-18(25)23-24-19(26)10-28-17-6-4-13(20)8-15(17)22/h3-8,11H,9-10H2,1-2H3,(H,23,25)(H,24,26). The molecule has 150 valence electrons. The molecule has 0 radical (unpaired) electrons. The van der Waals surface area contributed by atoms with Crippen LogP contribution in [0.4, 0.5) is 0 Å². The molecule has 0 aliphatic carbocycles. The van der Waals surface area contributed by atoms with Crippen LogP contribution in [0.5, 0.6) is 11.5 Å². The average Bonchev–Trinajstić information content (AvgIpc) is 2.64. The number of hydrazine groups is 1. The number of hydrogen-bond donors (Lipinski definition) is 2. The summed E-state index contributed by atoms with van der Waals surface area (Å²) in [4.78, 5) is 23.7. The fourth-order valence-electron chi connectivity index (χ4n) is 2.08. The van der Waals surface area contributed by atoms with E-state index < -0.39 is 11.8 Å². The lowest BCUT2D eigenvalue weighted by atomic mass is 10.0. The summed E-state index contributed by atoms with van der Waals surface area (Å²) < 4.78 is 13.2. The highest BCUT2D eigenvalue weighted by atomic mass is 79.9. The molecule has 0 aliphatic rings. The molecule has 0 bridgehead atoms. The third-order valence-corrected chi connectivity index (χ3v) is 5.31. The molecular weight excluding hydrogens is 560 g/mol. The summed E-state index contributed by atoms with van der Waals surface area (Å²) in [6, 6.07) is 11.0. The summed E-state index contributed by atoms with van der Waals surface area (Å²) in [5, 5.41) is 0. The molecule has 0 unspecified atom stereocenters. The molecule has 0 saturated carbocycles. The van der Waals surface area contributed by atoms with Gasteiger partial charge < -0.3 is 9.47 Å². The Morgan fingerprint density at radius 3 is 1.82 bits per heavy atom. The van der Waals surface area contributed by atoms with Crippen LogP contribution in [0.2, 0.25) is 0 Å². The van der Waals surface area contributed by atoms with E-state index in [1.54, 1.807) is 24.3 Å². The van der Waals surface area contributed by atoms with Gasteiger partial charge in [-0.2, -0.15) is 0 Å². The first-order valence-electron chi connectivity index (χ1n) is 8.34. The van der Waals surface area contributed by atoms with Crippen LogP contribution in [-0.2, 0) is 9.59 Å². The maximum Gasteiger partial charge on any atom is 0.276 e. The number of halogens is 3. The van der Waals surface area contributed by atoms with Gasteiger partial charge >= 0.3 is 0 Å². The minimum atomic E-state index is -0.495. The number of carbonyl (C=O) groups excluding carboxylic acids is 2. The van der Waals surface area contributed by atoms with Crippen LogP contribution in [0, 0.1) is 0 Å². The van der Waals surface area contributed by atoms with Crippen LogP contribution in [-0.4, -0.2) is 25.0 Å². The van der Waals surface area contributed by atoms with E-state index in [-0.39, 0.29) is 13.2 Å². The fourth-order valence-corrected chi connectivity index (χ4v) is 3.76. The summed E-state index contributed by atoms with van der Waals surface area (Å²) >= 11 is 10.1. The van der Waals surface area contributed by atoms with Gasteiger partial charge in [0.2, 0.25) is 0 Å². The number of carbonyl (C=O) groups is 2. The lowest BCUT2D eigenvalue weighted by Gasteiger charge is -2.12. The molecule has 9 heteroatoms. The van der Waals surface area contributed by atoms with Gasteiger partial charge in [0.25, 0.3) is 11.8 Å². The van der Waals surface area contributed by atoms with E-state index in [9.17, 15) is 9.59 Å². The van der Waals surface area contributed by atoms with Crippen molar-refractivity contribution in [3.8, 4) is 11.5 Å². The first kappa shape index (κ1) is 22.7. The molecule has 0 atom stereocenters. The van der Waals surface area contributed by atoms with E-state index in [0.717, 1.165) is 14.5 Å². The van der Waals surface area contributed by atoms with Crippen LogP contribution in [0.3, 0.4) is 0 Å². The molecule has 2 amide bonds. The Morgan fingerprint density at radius 1 is 0.857 bits per heavy atom. The van der Waals surface area contributed by atoms with Gasteiger partial charge in [-0.3, -0.25) is 20.4 Å². The van der Waals surface area contributed by atoms with Crippen LogP contribution < -0.4 is 20.3 Å². The zero-order valence-electron chi connectivity index (χ0n) is 15.2. The number of rotatable bonds is 7. The fraction of sp³-hybridized carbons (Fsp3) is 0.263. The highest BCUT2D eigenvalue weighted by molar-refractivity contribution is 9.11. The van der Waals surface area contributed by atoms with E-state index in [4.69, 9.17) is 9.47 Å². The van der Waals surface area contributed by atoms with Crippen molar-refractivity contribution in [2.45, 2.75) is 19.8 Å². The van der Waals surface area contributed by atoms with E-state index in [2.05, 4.69) is 72.5 Å². The minimum Gasteiger partial charge on any atom is -0.483 e. The van der Waals surface area contributed by atoms with E-state index >= 15 is 0 Å². The number of nitrogens with one attached hydrogen (secondary N) is 2. The molecule has 0 aliphatic heterocycles. The van der Waals surface area contributed by atoms with Crippen molar-refractivity contribution < 1.29 is 19.1 Å². The Bertz CT molecular complexity index is 859. The molecule has 0 aromatic heterocycles. The molecular formula is C19H19Br3N2O4. The quantitative estimate of drug-likeness (QED) is 0.467. The van der Waals surface area contributed by atoms with Crippen LogP contribution in [0.15, 0.2) is 49.8 Å². The lowest BCUT2D eigenvalue weighted by Crippen LogP contribution is -2.45. The average molecular weight is 579 g/mol. The molecule has 0 heterocycles. The predicted molar refractivity (Wildman–Crippen MR) is 117 cm³/mol. The second kappa shape index (κ2) is 10.8. The lowest BCUT2D eigenvalue weighted by molar-refractivity contribution is -0.131. The van der Waals surface area contributed by atoms with E-state index in [0.29, 0.717) is 21.9 Å². The molecule has 2 aromatic carbocycles. The zero-order chi connectivity index (χ0) is 20.7. The van der Waals surface area contributed by atoms with Gasteiger partial charge in [-0.25, -0.2) is 0 Å². The number of benzene rings is 2. The highest BCUT2D eigenvalue weighted by Crippen LogP contribution is 2.29. The van der Waals surface area contributed by atoms with Gasteiger partial charge in [0, 0.05) is 4.47 Å². The van der Waals surface area contributed by atoms with Gasteiger partial charge in [-0.15, -0.1) is 0 Å². The van der Waals surface area contributed by atoms with E-state index in [1.807, 2.05) is 12.1 Å². The van der Waals surface area contributed by atoms with Crippen molar-refractivity contribution in [1.29, 1.82) is 0 Å². The molecule has 2 N–H and O–H groups in total. The number of hydrogen-bond acceptors (Lipinski definition) is 4. The largest absolute Gasteiger partial charge is 0.483 e. The topological polar surface area (TPSA) is 76.7 Å². The molecule has 2 rings (SSSR count). The van der Waals surface area contributed by atoms with Crippen molar-refractivity contribution in [2.75, 3.05) is 13.2 Å². The van der Waals surface area contributed by atoms with Crippen molar-refractivity contribution in [2.24, 2.45) is 0 Å². The van der Waals surface area contributed by atoms with E-state index in [1.165, 1.54) is 0 Å². The molecule has 6 nitrogen and oxygen atoms in total. The van der Waals surface area contributed by atoms with Gasteiger partial charge in [0.15, 0.2) is 13.2 Å². The molecule has 0 spiro atoms. The third-order valence-electron chi connectivity index (χ3n) is 3.58. The maximum absolute atomic E-state index is 11.9. The minimum absolute atomic E-state index is 0.237. The van der Waals surface area contributed by atoms with Gasteiger partial charge in [-0.05, 0) is 73.7 Å². The first-order valence-corrected chi connectivity index (χ1v) is 10.7. The smallest absolute Gasteiger partial charge is 0.276 e. The molecule has 0 saturated heterocycles. The summed E-state index contributed by atoms with van der Waals surface area (Å²) in [7, 11) is 0. The maximum atomic E-state index is 11.9. The second-order valence-corrected chi connectivity index (χ2v) is 8.72. The summed E-state index contributed by atoms with van der Waals surface area (Å²) in [5.41, 5.74) is 5.72. The normalized spacial score (nSPS) is 10.5. The zero-order valence-corrected chi connectivity index (χ0v) is 20.0. The van der Waals surface area contributed by atoms with Crippen LogP contribution in [0.25, 0.3) is 0 Å².